The Morgan fingerprint density at radius 1 is 0.967 bits per heavy atom. The minimum atomic E-state index is -3.61. The molecule has 0 spiro atoms. The second kappa shape index (κ2) is 8.32. The Balaban J connectivity index is 1.38. The molecule has 10 nitrogen and oxygen atoms in total. The normalized spacial score (nSPS) is 21.7. The van der Waals surface area contributed by atoms with E-state index < -0.39 is 16.1 Å². The summed E-state index contributed by atoms with van der Waals surface area (Å²) in [6.07, 6.45) is 0.341. The van der Waals surface area contributed by atoms with Crippen molar-refractivity contribution in [2.45, 2.75) is 23.8 Å². The summed E-state index contributed by atoms with van der Waals surface area (Å²) in [7, 11) is -3.61. The lowest BCUT2D eigenvalue weighted by Crippen LogP contribution is -2.48. The first-order valence-corrected chi connectivity index (χ1v) is 11.3. The molecule has 0 bridgehead atoms. The Morgan fingerprint density at radius 3 is 2.17 bits per heavy atom. The molecule has 3 saturated heterocycles. The molecule has 3 aliphatic heterocycles. The van der Waals surface area contributed by atoms with Gasteiger partial charge < -0.3 is 14.4 Å². The van der Waals surface area contributed by atoms with Gasteiger partial charge in [-0.05, 0) is 37.1 Å². The SMILES string of the molecule is O=C(c1ccc(S(=O)(=O)N2CCOCC2)cc1)N1CCC(N2C(=O)COC2=O)CC1. The van der Waals surface area contributed by atoms with Gasteiger partial charge in [-0.15, -0.1) is 0 Å². The second-order valence-electron chi connectivity index (χ2n) is 7.38. The zero-order valence-electron chi connectivity index (χ0n) is 16.4. The van der Waals surface area contributed by atoms with Crippen LogP contribution in [0.25, 0.3) is 0 Å². The number of cyclic esters (lactones) is 1. The highest BCUT2D eigenvalue weighted by Gasteiger charge is 2.39. The lowest BCUT2D eigenvalue weighted by molar-refractivity contribution is -0.127. The predicted molar refractivity (Wildman–Crippen MR) is 103 cm³/mol. The third-order valence-electron chi connectivity index (χ3n) is 5.61. The minimum Gasteiger partial charge on any atom is -0.439 e. The van der Waals surface area contributed by atoms with E-state index >= 15 is 0 Å². The van der Waals surface area contributed by atoms with Crippen LogP contribution in [0, 0.1) is 0 Å². The summed E-state index contributed by atoms with van der Waals surface area (Å²) in [5, 5.41) is 0. The number of morpholine rings is 1. The fourth-order valence-electron chi connectivity index (χ4n) is 3.93. The van der Waals surface area contributed by atoms with E-state index in [2.05, 4.69) is 0 Å². The molecule has 30 heavy (non-hydrogen) atoms. The lowest BCUT2D eigenvalue weighted by Gasteiger charge is -2.34. The maximum atomic E-state index is 12.8. The van der Waals surface area contributed by atoms with Gasteiger partial charge in [-0.3, -0.25) is 9.59 Å². The van der Waals surface area contributed by atoms with Crippen molar-refractivity contribution in [2.75, 3.05) is 46.0 Å². The molecule has 0 radical (unpaired) electrons. The Labute approximate surface area is 174 Å². The van der Waals surface area contributed by atoms with Crippen molar-refractivity contribution in [3.63, 3.8) is 0 Å². The molecule has 3 amide bonds. The number of nitrogens with zero attached hydrogens (tertiary/aromatic N) is 3. The first-order valence-electron chi connectivity index (χ1n) is 9.84. The molecule has 0 saturated carbocycles. The molecule has 1 aromatic rings. The van der Waals surface area contributed by atoms with E-state index in [0.717, 1.165) is 4.90 Å². The van der Waals surface area contributed by atoms with Gasteiger partial charge in [0.2, 0.25) is 10.0 Å². The predicted octanol–water partition coefficient (Wildman–Crippen LogP) is 0.291. The van der Waals surface area contributed by atoms with Crippen molar-refractivity contribution in [1.29, 1.82) is 0 Å². The molecule has 1 aromatic carbocycles. The standard InChI is InChI=1S/C19H23N3O7S/c23-17-13-29-19(25)22(17)15-5-7-20(8-6-15)18(24)14-1-3-16(4-2-14)30(26,27)21-9-11-28-12-10-21/h1-4,15H,5-13H2. The number of piperidine rings is 1. The Bertz CT molecular complexity index is 917. The zero-order chi connectivity index (χ0) is 21.3. The van der Waals surface area contributed by atoms with Crippen LogP contribution in [0.2, 0.25) is 0 Å². The number of rotatable bonds is 4. The maximum Gasteiger partial charge on any atom is 0.417 e. The van der Waals surface area contributed by atoms with Crippen molar-refractivity contribution < 1.29 is 32.3 Å². The molecule has 3 fully saturated rings. The third kappa shape index (κ3) is 3.92. The van der Waals surface area contributed by atoms with Gasteiger partial charge >= 0.3 is 6.09 Å². The number of amides is 3. The van der Waals surface area contributed by atoms with E-state index in [0.29, 0.717) is 57.8 Å². The summed E-state index contributed by atoms with van der Waals surface area (Å²) in [4.78, 5) is 39.2. The zero-order valence-corrected chi connectivity index (χ0v) is 17.2. The van der Waals surface area contributed by atoms with Gasteiger partial charge in [0.25, 0.3) is 11.8 Å². The van der Waals surface area contributed by atoms with Gasteiger partial charge in [0.1, 0.15) is 0 Å². The number of carbonyl (C=O) groups excluding carboxylic acids is 3. The number of hydrogen-bond donors (Lipinski definition) is 0. The van der Waals surface area contributed by atoms with Gasteiger partial charge in [0, 0.05) is 37.8 Å². The monoisotopic (exact) mass is 437 g/mol. The molecular weight excluding hydrogens is 414 g/mol. The molecule has 0 N–H and O–H groups in total. The Morgan fingerprint density at radius 2 is 1.60 bits per heavy atom. The average molecular weight is 437 g/mol. The lowest BCUT2D eigenvalue weighted by atomic mass is 10.0. The highest BCUT2D eigenvalue weighted by atomic mass is 32.2. The quantitative estimate of drug-likeness (QED) is 0.665. The fraction of sp³-hybridized carbons (Fsp3) is 0.526. The van der Waals surface area contributed by atoms with Crippen LogP contribution in [0.3, 0.4) is 0 Å². The second-order valence-corrected chi connectivity index (χ2v) is 9.32. The first kappa shape index (κ1) is 20.8. The topological polar surface area (TPSA) is 114 Å². The van der Waals surface area contributed by atoms with Crippen LogP contribution < -0.4 is 0 Å². The highest BCUT2D eigenvalue weighted by Crippen LogP contribution is 2.23. The van der Waals surface area contributed by atoms with Crippen LogP contribution in [0.15, 0.2) is 29.2 Å². The van der Waals surface area contributed by atoms with E-state index in [1.54, 1.807) is 4.90 Å². The molecule has 11 heteroatoms. The number of carbonyl (C=O) groups is 3. The molecular formula is C19H23N3O7S. The van der Waals surface area contributed by atoms with Crippen molar-refractivity contribution in [2.24, 2.45) is 0 Å². The van der Waals surface area contributed by atoms with E-state index in [4.69, 9.17) is 9.47 Å². The summed E-state index contributed by atoms with van der Waals surface area (Å²) in [6, 6.07) is 5.66. The number of ether oxygens (including phenoxy) is 2. The van der Waals surface area contributed by atoms with Crippen molar-refractivity contribution >= 4 is 27.9 Å². The Kier molecular flexibility index (Phi) is 5.76. The minimum absolute atomic E-state index is 0.144. The van der Waals surface area contributed by atoms with Gasteiger partial charge in [-0.1, -0.05) is 0 Å². The maximum absolute atomic E-state index is 12.8. The number of hydrogen-bond acceptors (Lipinski definition) is 7. The van der Waals surface area contributed by atoms with Gasteiger partial charge in [0.15, 0.2) is 6.61 Å². The van der Waals surface area contributed by atoms with Crippen LogP contribution in [0.5, 0.6) is 0 Å². The van der Waals surface area contributed by atoms with Gasteiger partial charge in [-0.2, -0.15) is 4.31 Å². The highest BCUT2D eigenvalue weighted by molar-refractivity contribution is 7.89. The van der Waals surface area contributed by atoms with E-state index in [-0.39, 0.29) is 29.4 Å². The molecule has 162 valence electrons. The number of benzene rings is 1. The van der Waals surface area contributed by atoms with Gasteiger partial charge in [0.05, 0.1) is 18.1 Å². The van der Waals surface area contributed by atoms with Crippen LogP contribution in [0.1, 0.15) is 23.2 Å². The van der Waals surface area contributed by atoms with E-state index in [1.165, 1.54) is 28.6 Å². The molecule has 0 aromatic heterocycles. The molecule has 3 aliphatic rings. The van der Waals surface area contributed by atoms with Crippen LogP contribution in [-0.4, -0.2) is 92.5 Å². The number of likely N-dealkylation sites (tertiary alicyclic amines) is 1. The Hall–Kier alpha value is -2.50. The smallest absolute Gasteiger partial charge is 0.417 e. The number of sulfonamides is 1. The summed E-state index contributed by atoms with van der Waals surface area (Å²) >= 11 is 0. The average Bonchev–Trinajstić information content (AvgIpc) is 3.12. The molecule has 4 rings (SSSR count). The van der Waals surface area contributed by atoms with E-state index in [1.807, 2.05) is 0 Å². The molecule has 0 unspecified atom stereocenters. The first-order chi connectivity index (χ1) is 14.4. The summed E-state index contributed by atoms with van der Waals surface area (Å²) in [6.45, 7) is 1.93. The third-order valence-corrected chi connectivity index (χ3v) is 7.52. The van der Waals surface area contributed by atoms with Crippen molar-refractivity contribution in [3.8, 4) is 0 Å². The van der Waals surface area contributed by atoms with Crippen molar-refractivity contribution in [1.82, 2.24) is 14.1 Å². The summed E-state index contributed by atoms with van der Waals surface area (Å²) in [5.74, 6) is -0.555. The van der Waals surface area contributed by atoms with Crippen LogP contribution in [0.4, 0.5) is 4.79 Å². The van der Waals surface area contributed by atoms with Crippen molar-refractivity contribution in [3.05, 3.63) is 29.8 Å². The number of imide groups is 1. The molecule has 0 aliphatic carbocycles. The van der Waals surface area contributed by atoms with Crippen LogP contribution >= 0.6 is 0 Å². The van der Waals surface area contributed by atoms with Gasteiger partial charge in [-0.25, -0.2) is 18.1 Å². The molecule has 3 heterocycles. The molecule has 0 atom stereocenters. The summed E-state index contributed by atoms with van der Waals surface area (Å²) < 4.78 is 36.7. The largest absolute Gasteiger partial charge is 0.439 e. The van der Waals surface area contributed by atoms with Crippen LogP contribution in [-0.2, 0) is 24.3 Å². The fourth-order valence-corrected chi connectivity index (χ4v) is 5.34. The summed E-state index contributed by atoms with van der Waals surface area (Å²) in [5.41, 5.74) is 0.394. The van der Waals surface area contributed by atoms with E-state index in [9.17, 15) is 22.8 Å².